The largest absolute Gasteiger partial charge is 0.493 e. The predicted octanol–water partition coefficient (Wildman–Crippen LogP) is 5.57. The second kappa shape index (κ2) is 10.0. The van der Waals surface area contributed by atoms with Crippen LogP contribution in [-0.2, 0) is 16.5 Å². The molecule has 9 heteroatoms. The molecule has 0 unspecified atom stereocenters. The number of hydrogen-bond donors (Lipinski definition) is 1. The maximum atomic E-state index is 9.19. The van der Waals surface area contributed by atoms with Crippen LogP contribution < -0.4 is 9.47 Å². The molecule has 0 radical (unpaired) electrons. The zero-order valence-electron chi connectivity index (χ0n) is 17.3. The monoisotopic (exact) mass is 473 g/mol. The molecule has 0 amide bonds. The fourth-order valence-corrected chi connectivity index (χ4v) is 3.70. The summed E-state index contributed by atoms with van der Waals surface area (Å²) < 4.78 is 37.7. The Morgan fingerprint density at radius 3 is 2.27 bits per heavy atom. The number of pyridine rings is 1. The molecule has 1 aromatic heterocycles. The first-order valence-electron chi connectivity index (χ1n) is 9.32. The molecule has 0 saturated carbocycles. The third kappa shape index (κ3) is 6.11. The fraction of sp³-hybridized carbons (Fsp3) is 0.381. The first-order valence-corrected chi connectivity index (χ1v) is 11.9. The molecule has 3 rings (SSSR count). The quantitative estimate of drug-likeness (QED) is 0.571. The minimum absolute atomic E-state index is 0.161. The van der Waals surface area contributed by atoms with Crippen molar-refractivity contribution in [3.63, 3.8) is 0 Å². The van der Waals surface area contributed by atoms with Crippen molar-refractivity contribution in [2.24, 2.45) is 0 Å². The van der Waals surface area contributed by atoms with E-state index in [1.807, 2.05) is 24.3 Å². The molecular weight excluding hydrogens is 449 g/mol. The minimum Gasteiger partial charge on any atom is -0.493 e. The third-order valence-corrected chi connectivity index (χ3v) is 5.51. The molecular formula is C21H25Cl2NO5S. The van der Waals surface area contributed by atoms with Crippen molar-refractivity contribution in [1.29, 1.82) is 0 Å². The lowest BCUT2D eigenvalue weighted by Crippen LogP contribution is -2.32. The molecule has 0 spiro atoms. The maximum Gasteiger partial charge on any atom is 0.261 e. The van der Waals surface area contributed by atoms with E-state index in [2.05, 4.69) is 18.8 Å². The van der Waals surface area contributed by atoms with Gasteiger partial charge in [-0.3, -0.25) is 9.54 Å². The van der Waals surface area contributed by atoms with Crippen molar-refractivity contribution in [3.8, 4) is 11.5 Å². The zero-order valence-corrected chi connectivity index (χ0v) is 19.6. The Hall–Kier alpha value is -1.80. The van der Waals surface area contributed by atoms with Gasteiger partial charge in [0.25, 0.3) is 10.1 Å². The lowest BCUT2D eigenvalue weighted by atomic mass is 9.89. The summed E-state index contributed by atoms with van der Waals surface area (Å²) in [4.78, 5) is 3.99. The molecule has 1 N–H and O–H groups in total. The van der Waals surface area contributed by atoms with Crippen molar-refractivity contribution in [2.75, 3.05) is 13.4 Å². The van der Waals surface area contributed by atoms with E-state index in [4.69, 9.17) is 37.2 Å². The number of ether oxygens (including phenoxy) is 2. The normalized spacial score (nSPS) is 14.6. The van der Waals surface area contributed by atoms with E-state index < -0.39 is 10.1 Å². The number of nitrogens with zero attached hydrogens (tertiary/aromatic N) is 1. The van der Waals surface area contributed by atoms with E-state index in [-0.39, 0.29) is 5.60 Å². The summed E-state index contributed by atoms with van der Waals surface area (Å²) in [5.74, 6) is 1.62. The van der Waals surface area contributed by atoms with Crippen molar-refractivity contribution in [1.82, 2.24) is 4.98 Å². The number of methoxy groups -OCH3 is 1. The van der Waals surface area contributed by atoms with E-state index in [1.165, 1.54) is 5.56 Å². The first kappa shape index (κ1) is 24.5. The van der Waals surface area contributed by atoms with Crippen LogP contribution >= 0.6 is 23.2 Å². The topological polar surface area (TPSA) is 85.7 Å². The van der Waals surface area contributed by atoms with Crippen LogP contribution in [0, 0.1) is 0 Å². The highest BCUT2D eigenvalue weighted by atomic mass is 35.5. The smallest absolute Gasteiger partial charge is 0.261 e. The number of aromatic nitrogens is 1. The lowest BCUT2D eigenvalue weighted by molar-refractivity contribution is 0.0828. The van der Waals surface area contributed by atoms with Crippen LogP contribution in [0.5, 0.6) is 11.5 Å². The Labute approximate surface area is 187 Å². The molecule has 1 aromatic carbocycles. The molecule has 0 bridgehead atoms. The molecule has 164 valence electrons. The van der Waals surface area contributed by atoms with Crippen LogP contribution in [0.3, 0.4) is 0 Å². The van der Waals surface area contributed by atoms with Crippen molar-refractivity contribution < 1.29 is 22.4 Å². The van der Waals surface area contributed by atoms with Gasteiger partial charge in [-0.2, -0.15) is 8.42 Å². The van der Waals surface area contributed by atoms with Crippen molar-refractivity contribution >= 4 is 45.5 Å². The van der Waals surface area contributed by atoms with Gasteiger partial charge >= 0.3 is 0 Å². The van der Waals surface area contributed by atoms with Crippen LogP contribution in [0.2, 0.25) is 10.0 Å². The highest BCUT2D eigenvalue weighted by Crippen LogP contribution is 2.46. The molecule has 1 aliphatic heterocycles. The molecule has 0 aliphatic carbocycles. The standard InChI is InChI=1S/C20H21Cl2NO2.CH4O3S/c1-4-20(5-2)10-15-13(7-9-18(24-3)19(15)25-20)6-8-14-16(21)11-23-12-17(14)22;1-5(2,3)4/h6-9,11-12H,4-5,10H2,1-3H3;1H3,(H,2,3,4). The number of hydrogen-bond acceptors (Lipinski definition) is 5. The third-order valence-electron chi connectivity index (χ3n) is 4.91. The first-order chi connectivity index (χ1) is 14.0. The van der Waals surface area contributed by atoms with Crippen LogP contribution in [0.4, 0.5) is 0 Å². The van der Waals surface area contributed by atoms with Crippen molar-refractivity contribution in [2.45, 2.75) is 38.7 Å². The minimum atomic E-state index is -3.67. The highest BCUT2D eigenvalue weighted by Gasteiger charge is 2.38. The molecule has 6 nitrogen and oxygen atoms in total. The van der Waals surface area contributed by atoms with Gasteiger partial charge in [0.1, 0.15) is 5.60 Å². The van der Waals surface area contributed by atoms with Crippen LogP contribution in [-0.4, -0.2) is 36.9 Å². The van der Waals surface area contributed by atoms with Gasteiger partial charge in [0.15, 0.2) is 11.5 Å². The van der Waals surface area contributed by atoms with E-state index >= 15 is 0 Å². The molecule has 0 saturated heterocycles. The molecule has 2 heterocycles. The van der Waals surface area contributed by atoms with Crippen LogP contribution in [0.1, 0.15) is 43.4 Å². The number of halogens is 2. The number of fused-ring (bicyclic) bond motifs is 1. The summed E-state index contributed by atoms with van der Waals surface area (Å²) in [5.41, 5.74) is 2.86. The van der Waals surface area contributed by atoms with Gasteiger partial charge in [0.2, 0.25) is 0 Å². The lowest BCUT2D eigenvalue weighted by Gasteiger charge is -2.25. The fourth-order valence-electron chi connectivity index (χ4n) is 3.21. The maximum absolute atomic E-state index is 9.19. The van der Waals surface area contributed by atoms with E-state index in [0.717, 1.165) is 41.9 Å². The second-order valence-electron chi connectivity index (χ2n) is 6.92. The Balaban J connectivity index is 0.000000575. The molecule has 1 aliphatic rings. The average molecular weight is 474 g/mol. The summed E-state index contributed by atoms with van der Waals surface area (Å²) >= 11 is 12.4. The van der Waals surface area contributed by atoms with Gasteiger partial charge in [0.05, 0.1) is 23.4 Å². The van der Waals surface area contributed by atoms with Crippen LogP contribution in [0.25, 0.3) is 12.2 Å². The summed E-state index contributed by atoms with van der Waals surface area (Å²) in [6.45, 7) is 4.32. The van der Waals surface area contributed by atoms with Gasteiger partial charge in [-0.05, 0) is 24.5 Å². The molecule has 0 atom stereocenters. The Morgan fingerprint density at radius 2 is 1.77 bits per heavy atom. The summed E-state index contributed by atoms with van der Waals surface area (Å²) in [6.07, 6.45) is 10.6. The second-order valence-corrected chi connectivity index (χ2v) is 9.20. The highest BCUT2D eigenvalue weighted by molar-refractivity contribution is 7.85. The Morgan fingerprint density at radius 1 is 1.20 bits per heavy atom. The molecule has 30 heavy (non-hydrogen) atoms. The Kier molecular flexibility index (Phi) is 8.16. The number of rotatable bonds is 5. The predicted molar refractivity (Wildman–Crippen MR) is 121 cm³/mol. The van der Waals surface area contributed by atoms with E-state index in [1.54, 1.807) is 19.5 Å². The van der Waals surface area contributed by atoms with Crippen molar-refractivity contribution in [3.05, 3.63) is 51.3 Å². The van der Waals surface area contributed by atoms with E-state index in [9.17, 15) is 8.42 Å². The van der Waals surface area contributed by atoms with Gasteiger partial charge in [-0.25, -0.2) is 0 Å². The van der Waals surface area contributed by atoms with Gasteiger partial charge in [-0.1, -0.05) is 55.3 Å². The van der Waals surface area contributed by atoms with E-state index in [0.29, 0.717) is 16.3 Å². The summed E-state index contributed by atoms with van der Waals surface area (Å²) in [7, 11) is -2.00. The zero-order chi connectivity index (χ0) is 22.5. The molecule has 2 aromatic rings. The number of benzene rings is 1. The summed E-state index contributed by atoms with van der Waals surface area (Å²) in [6, 6.07) is 3.98. The van der Waals surface area contributed by atoms with Gasteiger partial charge < -0.3 is 9.47 Å². The van der Waals surface area contributed by atoms with Crippen LogP contribution in [0.15, 0.2) is 24.5 Å². The SMILES string of the molecule is CCC1(CC)Cc2c(C=Cc3c(Cl)cncc3Cl)ccc(OC)c2O1.CS(=O)(=O)O. The molecule has 0 fully saturated rings. The average Bonchev–Trinajstić information content (AvgIpc) is 3.07. The summed E-state index contributed by atoms with van der Waals surface area (Å²) in [5, 5.41) is 1.06. The Bertz CT molecular complexity index is 1010. The van der Waals surface area contributed by atoms with Gasteiger partial charge in [-0.15, -0.1) is 0 Å². The van der Waals surface area contributed by atoms with Gasteiger partial charge in [0, 0.05) is 29.9 Å².